The predicted molar refractivity (Wildman–Crippen MR) is 78.3 cm³/mol. The van der Waals surface area contributed by atoms with E-state index in [1.165, 1.54) is 6.07 Å². The third-order valence-corrected chi connectivity index (χ3v) is 3.89. The first-order valence-corrected chi connectivity index (χ1v) is 6.73. The zero-order chi connectivity index (χ0) is 14.7. The van der Waals surface area contributed by atoms with Crippen molar-refractivity contribution in [2.24, 2.45) is 5.73 Å². The lowest BCUT2D eigenvalue weighted by Gasteiger charge is -2.07. The Kier molecular flexibility index (Phi) is 4.21. The lowest BCUT2D eigenvalue weighted by Crippen LogP contribution is -2.12. The second-order valence-corrected chi connectivity index (χ2v) is 5.46. The highest BCUT2D eigenvalue weighted by molar-refractivity contribution is 7.15. The van der Waals surface area contributed by atoms with Crippen molar-refractivity contribution in [3.05, 3.63) is 55.9 Å². The van der Waals surface area contributed by atoms with E-state index in [1.807, 2.05) is 0 Å². The number of amides is 1. The molecular weight excluding hydrogens is 302 g/mol. The molecule has 0 atom stereocenters. The number of nitro groups is 1. The van der Waals surface area contributed by atoms with Crippen LogP contribution in [0.5, 0.6) is 0 Å². The maximum absolute atomic E-state index is 11.2. The number of benzene rings is 1. The van der Waals surface area contributed by atoms with E-state index in [0.29, 0.717) is 12.2 Å². The normalized spacial score (nSPS) is 10.2. The first kappa shape index (κ1) is 14.3. The van der Waals surface area contributed by atoms with Gasteiger partial charge in [-0.05, 0) is 24.3 Å². The van der Waals surface area contributed by atoms with Crippen LogP contribution in [0.15, 0.2) is 30.3 Å². The minimum absolute atomic E-state index is 0.0933. The Morgan fingerprint density at radius 2 is 2.15 bits per heavy atom. The second-order valence-electron chi connectivity index (χ2n) is 3.91. The summed E-state index contributed by atoms with van der Waals surface area (Å²) >= 11 is 6.94. The molecule has 8 heteroatoms. The van der Waals surface area contributed by atoms with E-state index < -0.39 is 10.8 Å². The Labute approximate surface area is 123 Å². The molecule has 0 fully saturated rings. The van der Waals surface area contributed by atoms with Gasteiger partial charge < -0.3 is 11.1 Å². The van der Waals surface area contributed by atoms with Gasteiger partial charge in [0, 0.05) is 23.2 Å². The summed E-state index contributed by atoms with van der Waals surface area (Å²) in [4.78, 5) is 22.1. The Hall–Kier alpha value is -2.12. The van der Waals surface area contributed by atoms with Gasteiger partial charge in [0.15, 0.2) is 0 Å². The topological polar surface area (TPSA) is 98.3 Å². The fourth-order valence-electron chi connectivity index (χ4n) is 1.57. The molecule has 2 rings (SSSR count). The number of nitrogens with two attached hydrogens (primary N) is 1. The molecule has 0 saturated heterocycles. The lowest BCUT2D eigenvalue weighted by molar-refractivity contribution is -0.380. The number of thiophene rings is 1. The molecule has 0 bridgehead atoms. The number of hydrogen-bond acceptors (Lipinski definition) is 5. The van der Waals surface area contributed by atoms with Crippen LogP contribution in [0.25, 0.3) is 0 Å². The van der Waals surface area contributed by atoms with Gasteiger partial charge in [-0.15, -0.1) is 0 Å². The fraction of sp³-hybridized carbons (Fsp3) is 0.0833. The largest absolute Gasteiger partial charge is 0.380 e. The van der Waals surface area contributed by atoms with E-state index in [-0.39, 0.29) is 15.6 Å². The summed E-state index contributed by atoms with van der Waals surface area (Å²) in [5, 5.41) is 14.0. The molecule has 0 unspecified atom stereocenters. The molecule has 1 aromatic heterocycles. The number of anilines is 1. The number of carbonyl (C=O) groups is 1. The molecule has 1 aromatic carbocycles. The summed E-state index contributed by atoms with van der Waals surface area (Å²) in [6.45, 7) is 0.415. The van der Waals surface area contributed by atoms with Crippen LogP contribution in [0.2, 0.25) is 5.02 Å². The SMILES string of the molecule is NC(=O)c1cc(NCc2ccc([N+](=O)[O-])s2)ccc1Cl. The standard InChI is InChI=1S/C12H10ClN3O3S/c13-10-3-1-7(5-9(10)12(14)17)15-6-8-2-4-11(20-8)16(18)19/h1-5,15H,6H2,(H2,14,17). The van der Waals surface area contributed by atoms with Crippen LogP contribution in [0.4, 0.5) is 10.7 Å². The van der Waals surface area contributed by atoms with Gasteiger partial charge in [0.2, 0.25) is 5.91 Å². The molecule has 6 nitrogen and oxygen atoms in total. The number of carbonyl (C=O) groups excluding carboxylic acids is 1. The highest BCUT2D eigenvalue weighted by atomic mass is 35.5. The minimum Gasteiger partial charge on any atom is -0.380 e. The van der Waals surface area contributed by atoms with E-state index in [9.17, 15) is 14.9 Å². The van der Waals surface area contributed by atoms with E-state index in [1.54, 1.807) is 24.3 Å². The van der Waals surface area contributed by atoms with Gasteiger partial charge in [-0.3, -0.25) is 14.9 Å². The van der Waals surface area contributed by atoms with Gasteiger partial charge in [-0.1, -0.05) is 22.9 Å². The number of halogens is 1. The Morgan fingerprint density at radius 3 is 2.75 bits per heavy atom. The average Bonchev–Trinajstić information content (AvgIpc) is 2.86. The van der Waals surface area contributed by atoms with Gasteiger partial charge in [0.1, 0.15) is 0 Å². The summed E-state index contributed by atoms with van der Waals surface area (Å²) in [7, 11) is 0. The number of primary amides is 1. The predicted octanol–water partition coefficient (Wildman–Crippen LogP) is 3.02. The number of rotatable bonds is 5. The first-order chi connectivity index (χ1) is 9.47. The molecule has 0 radical (unpaired) electrons. The van der Waals surface area contributed by atoms with Crippen LogP contribution in [0, 0.1) is 10.1 Å². The summed E-state index contributed by atoms with van der Waals surface area (Å²) in [6, 6.07) is 7.96. The van der Waals surface area contributed by atoms with Crippen molar-refractivity contribution in [2.45, 2.75) is 6.54 Å². The number of nitrogens with zero attached hydrogens (tertiary/aromatic N) is 1. The van der Waals surface area contributed by atoms with Crippen molar-refractivity contribution < 1.29 is 9.72 Å². The number of hydrogen-bond donors (Lipinski definition) is 2. The van der Waals surface area contributed by atoms with Crippen LogP contribution in [-0.4, -0.2) is 10.8 Å². The molecular formula is C12H10ClN3O3S. The van der Waals surface area contributed by atoms with Crippen LogP contribution in [0.1, 0.15) is 15.2 Å². The third-order valence-electron chi connectivity index (χ3n) is 2.53. The number of nitrogens with one attached hydrogen (secondary N) is 1. The summed E-state index contributed by atoms with van der Waals surface area (Å²) in [5.74, 6) is -0.606. The Balaban J connectivity index is 2.08. The van der Waals surface area contributed by atoms with Gasteiger partial charge in [-0.2, -0.15) is 0 Å². The summed E-state index contributed by atoms with van der Waals surface area (Å²) < 4.78 is 0. The zero-order valence-corrected chi connectivity index (χ0v) is 11.7. The monoisotopic (exact) mass is 311 g/mol. The maximum atomic E-state index is 11.2. The van der Waals surface area contributed by atoms with Crippen LogP contribution in [0.3, 0.4) is 0 Å². The van der Waals surface area contributed by atoms with Gasteiger partial charge in [0.25, 0.3) is 0 Å². The van der Waals surface area contributed by atoms with Crippen molar-refractivity contribution in [1.29, 1.82) is 0 Å². The minimum atomic E-state index is -0.606. The molecule has 0 aliphatic rings. The zero-order valence-electron chi connectivity index (χ0n) is 10.1. The Bertz CT molecular complexity index is 672. The average molecular weight is 312 g/mol. The van der Waals surface area contributed by atoms with E-state index in [4.69, 9.17) is 17.3 Å². The summed E-state index contributed by atoms with van der Waals surface area (Å²) in [5.41, 5.74) is 6.10. The van der Waals surface area contributed by atoms with E-state index >= 15 is 0 Å². The third kappa shape index (κ3) is 3.25. The Morgan fingerprint density at radius 1 is 1.40 bits per heavy atom. The molecule has 1 amide bonds. The van der Waals surface area contributed by atoms with E-state index in [2.05, 4.69) is 5.32 Å². The van der Waals surface area contributed by atoms with Crippen molar-refractivity contribution in [2.75, 3.05) is 5.32 Å². The van der Waals surface area contributed by atoms with Crippen molar-refractivity contribution in [3.8, 4) is 0 Å². The molecule has 1 heterocycles. The van der Waals surface area contributed by atoms with Gasteiger partial charge in [0.05, 0.1) is 15.5 Å². The quantitative estimate of drug-likeness (QED) is 0.655. The van der Waals surface area contributed by atoms with Crippen molar-refractivity contribution in [3.63, 3.8) is 0 Å². The second kappa shape index (κ2) is 5.89. The van der Waals surface area contributed by atoms with Crippen LogP contribution in [-0.2, 0) is 6.54 Å². The molecule has 20 heavy (non-hydrogen) atoms. The lowest BCUT2D eigenvalue weighted by atomic mass is 10.2. The first-order valence-electron chi connectivity index (χ1n) is 5.53. The van der Waals surface area contributed by atoms with E-state index in [0.717, 1.165) is 16.2 Å². The maximum Gasteiger partial charge on any atom is 0.324 e. The molecule has 0 spiro atoms. The van der Waals surface area contributed by atoms with Gasteiger partial charge in [-0.25, -0.2) is 0 Å². The van der Waals surface area contributed by atoms with Crippen LogP contribution < -0.4 is 11.1 Å². The molecule has 104 valence electrons. The van der Waals surface area contributed by atoms with Crippen molar-refractivity contribution in [1.82, 2.24) is 0 Å². The highest BCUT2D eigenvalue weighted by Crippen LogP contribution is 2.25. The molecule has 2 aromatic rings. The van der Waals surface area contributed by atoms with Gasteiger partial charge >= 0.3 is 5.00 Å². The van der Waals surface area contributed by atoms with Crippen molar-refractivity contribution >= 4 is 39.5 Å². The molecule has 0 aliphatic carbocycles. The molecule has 3 N–H and O–H groups in total. The summed E-state index contributed by atoms with van der Waals surface area (Å²) in [6.07, 6.45) is 0. The fourth-order valence-corrected chi connectivity index (χ4v) is 2.54. The molecule has 0 saturated carbocycles. The highest BCUT2D eigenvalue weighted by Gasteiger charge is 2.10. The van der Waals surface area contributed by atoms with Crippen LogP contribution >= 0.6 is 22.9 Å². The smallest absolute Gasteiger partial charge is 0.324 e. The molecule has 0 aliphatic heterocycles.